The van der Waals surface area contributed by atoms with Crippen LogP contribution in [0.15, 0.2) is 71.8 Å². The molecule has 8 heteroatoms. The summed E-state index contributed by atoms with van der Waals surface area (Å²) in [6, 6.07) is 16.6. The van der Waals surface area contributed by atoms with Gasteiger partial charge < -0.3 is 5.32 Å². The summed E-state index contributed by atoms with van der Waals surface area (Å²) in [5, 5.41) is 7.67. The first kappa shape index (κ1) is 22.9. The van der Waals surface area contributed by atoms with Gasteiger partial charge in [-0.2, -0.15) is 5.10 Å². The third-order valence-corrected chi connectivity index (χ3v) is 7.27. The van der Waals surface area contributed by atoms with Crippen molar-refractivity contribution in [3.05, 3.63) is 89.3 Å². The van der Waals surface area contributed by atoms with Gasteiger partial charge in [-0.05, 0) is 48.6 Å². The molecule has 1 aliphatic carbocycles. The fourth-order valence-corrected chi connectivity index (χ4v) is 5.13. The van der Waals surface area contributed by atoms with Crippen LogP contribution in [0.2, 0.25) is 0 Å². The molecule has 172 valence electrons. The SMILES string of the molecule is CCNS(=O)(=O)c1ccc(/C=C/C(=O)NC2CCCc3c2cnn3Cc2ccccc2)cc1. The Morgan fingerprint density at radius 2 is 1.91 bits per heavy atom. The molecule has 0 bridgehead atoms. The summed E-state index contributed by atoms with van der Waals surface area (Å²) >= 11 is 0. The Balaban J connectivity index is 1.40. The molecule has 2 N–H and O–H groups in total. The number of nitrogens with zero attached hydrogens (tertiary/aromatic N) is 2. The number of rotatable bonds is 8. The Bertz CT molecular complexity index is 1230. The monoisotopic (exact) mass is 464 g/mol. The van der Waals surface area contributed by atoms with Crippen molar-refractivity contribution in [2.75, 3.05) is 6.54 Å². The first-order valence-electron chi connectivity index (χ1n) is 11.1. The zero-order valence-electron chi connectivity index (χ0n) is 18.6. The Labute approximate surface area is 194 Å². The van der Waals surface area contributed by atoms with Gasteiger partial charge in [-0.3, -0.25) is 9.48 Å². The molecule has 33 heavy (non-hydrogen) atoms. The van der Waals surface area contributed by atoms with Gasteiger partial charge in [0.05, 0.1) is 23.7 Å². The van der Waals surface area contributed by atoms with Gasteiger partial charge >= 0.3 is 0 Å². The average Bonchev–Trinajstić information content (AvgIpc) is 3.22. The average molecular weight is 465 g/mol. The van der Waals surface area contributed by atoms with Crippen molar-refractivity contribution < 1.29 is 13.2 Å². The molecule has 1 heterocycles. The van der Waals surface area contributed by atoms with Gasteiger partial charge in [0.2, 0.25) is 15.9 Å². The van der Waals surface area contributed by atoms with E-state index in [1.54, 1.807) is 25.1 Å². The van der Waals surface area contributed by atoms with Gasteiger partial charge in [0.15, 0.2) is 0 Å². The van der Waals surface area contributed by atoms with Crippen LogP contribution in [0.25, 0.3) is 6.08 Å². The van der Waals surface area contributed by atoms with Crippen LogP contribution < -0.4 is 10.0 Å². The summed E-state index contributed by atoms with van der Waals surface area (Å²) in [7, 11) is -3.49. The number of benzene rings is 2. The van der Waals surface area contributed by atoms with Crippen molar-refractivity contribution in [1.29, 1.82) is 0 Å². The fourth-order valence-electron chi connectivity index (χ4n) is 4.08. The second-order valence-electron chi connectivity index (χ2n) is 8.05. The van der Waals surface area contributed by atoms with E-state index in [1.165, 1.54) is 29.5 Å². The summed E-state index contributed by atoms with van der Waals surface area (Å²) in [5.41, 5.74) is 4.20. The van der Waals surface area contributed by atoms with Gasteiger partial charge in [-0.25, -0.2) is 13.1 Å². The molecule has 2 aromatic carbocycles. The molecule has 1 unspecified atom stereocenters. The highest BCUT2D eigenvalue weighted by Gasteiger charge is 2.25. The smallest absolute Gasteiger partial charge is 0.244 e. The van der Waals surface area contributed by atoms with Crippen molar-refractivity contribution in [3.63, 3.8) is 0 Å². The zero-order chi connectivity index (χ0) is 23.3. The van der Waals surface area contributed by atoms with E-state index in [4.69, 9.17) is 0 Å². The highest BCUT2D eigenvalue weighted by atomic mass is 32.2. The first-order valence-corrected chi connectivity index (χ1v) is 12.6. The predicted octanol–water partition coefficient (Wildman–Crippen LogP) is 3.44. The second-order valence-corrected chi connectivity index (χ2v) is 9.81. The third kappa shape index (κ3) is 5.58. The number of hydrogen-bond acceptors (Lipinski definition) is 4. The second kappa shape index (κ2) is 10.1. The van der Waals surface area contributed by atoms with E-state index in [0.717, 1.165) is 36.9 Å². The highest BCUT2D eigenvalue weighted by Crippen LogP contribution is 2.30. The summed E-state index contributed by atoms with van der Waals surface area (Å²) in [6.45, 7) is 2.78. The molecule has 4 rings (SSSR count). The molecular weight excluding hydrogens is 436 g/mol. The largest absolute Gasteiger partial charge is 0.346 e. The highest BCUT2D eigenvalue weighted by molar-refractivity contribution is 7.89. The van der Waals surface area contributed by atoms with E-state index in [1.807, 2.05) is 29.1 Å². The topological polar surface area (TPSA) is 93.1 Å². The van der Waals surface area contributed by atoms with Crippen LogP contribution >= 0.6 is 0 Å². The number of carbonyl (C=O) groups is 1. The maximum atomic E-state index is 12.6. The van der Waals surface area contributed by atoms with E-state index >= 15 is 0 Å². The van der Waals surface area contributed by atoms with E-state index in [0.29, 0.717) is 6.54 Å². The number of sulfonamides is 1. The van der Waals surface area contributed by atoms with Gasteiger partial charge in [-0.1, -0.05) is 49.4 Å². The first-order chi connectivity index (χ1) is 16.0. The van der Waals surface area contributed by atoms with Crippen LogP contribution in [0.1, 0.15) is 48.2 Å². The van der Waals surface area contributed by atoms with Crippen molar-refractivity contribution in [2.24, 2.45) is 0 Å². The Morgan fingerprint density at radius 3 is 2.64 bits per heavy atom. The quantitative estimate of drug-likeness (QED) is 0.500. The minimum atomic E-state index is -3.49. The Hall–Kier alpha value is -3.23. The lowest BCUT2D eigenvalue weighted by Gasteiger charge is -2.23. The standard InChI is InChI=1S/C25H28N4O3S/c1-2-27-33(31,32)21-14-11-19(12-15-21)13-16-25(30)28-23-9-6-10-24-22(23)17-26-29(24)18-20-7-4-3-5-8-20/h3-5,7-8,11-17,23,27H,2,6,9-10,18H2,1H3,(H,28,30)/b16-13+. The summed E-state index contributed by atoms with van der Waals surface area (Å²) < 4.78 is 28.6. The molecule has 1 aliphatic rings. The zero-order valence-corrected chi connectivity index (χ0v) is 19.4. The molecule has 0 saturated carbocycles. The van der Waals surface area contributed by atoms with Crippen LogP contribution in [-0.4, -0.2) is 30.7 Å². The molecule has 1 amide bonds. The molecule has 0 radical (unpaired) electrons. The minimum absolute atomic E-state index is 0.0666. The fraction of sp³-hybridized carbons (Fsp3) is 0.280. The van der Waals surface area contributed by atoms with Gasteiger partial charge in [0, 0.05) is 23.9 Å². The van der Waals surface area contributed by atoms with Crippen LogP contribution in [0.5, 0.6) is 0 Å². The van der Waals surface area contributed by atoms with Crippen LogP contribution in [0, 0.1) is 0 Å². The molecule has 0 spiro atoms. The number of hydrogen-bond donors (Lipinski definition) is 2. The lowest BCUT2D eigenvalue weighted by Crippen LogP contribution is -2.29. The number of aromatic nitrogens is 2. The summed E-state index contributed by atoms with van der Waals surface area (Å²) in [4.78, 5) is 12.8. The van der Waals surface area contributed by atoms with E-state index in [9.17, 15) is 13.2 Å². The number of carbonyl (C=O) groups excluding carboxylic acids is 1. The van der Waals surface area contributed by atoms with Crippen molar-refractivity contribution in [1.82, 2.24) is 19.8 Å². The Kier molecular flexibility index (Phi) is 7.05. The van der Waals surface area contributed by atoms with E-state index in [-0.39, 0.29) is 16.8 Å². The molecular formula is C25H28N4O3S. The predicted molar refractivity (Wildman–Crippen MR) is 128 cm³/mol. The lowest BCUT2D eigenvalue weighted by molar-refractivity contribution is -0.117. The number of nitrogens with one attached hydrogen (secondary N) is 2. The molecule has 3 aromatic rings. The van der Waals surface area contributed by atoms with Crippen molar-refractivity contribution >= 4 is 22.0 Å². The van der Waals surface area contributed by atoms with Gasteiger partial charge in [0.1, 0.15) is 0 Å². The lowest BCUT2D eigenvalue weighted by atomic mass is 9.93. The third-order valence-electron chi connectivity index (χ3n) is 5.71. The van der Waals surface area contributed by atoms with Crippen LogP contribution in [-0.2, 0) is 27.8 Å². The maximum Gasteiger partial charge on any atom is 0.244 e. The molecule has 7 nitrogen and oxygen atoms in total. The molecule has 0 aliphatic heterocycles. The van der Waals surface area contributed by atoms with Crippen LogP contribution in [0.3, 0.4) is 0 Å². The van der Waals surface area contributed by atoms with Crippen molar-refractivity contribution in [2.45, 2.75) is 43.7 Å². The normalized spacial score (nSPS) is 16.0. The van der Waals surface area contributed by atoms with Crippen LogP contribution in [0.4, 0.5) is 0 Å². The molecule has 0 fully saturated rings. The number of amides is 1. The van der Waals surface area contributed by atoms with E-state index in [2.05, 4.69) is 27.3 Å². The van der Waals surface area contributed by atoms with Crippen molar-refractivity contribution in [3.8, 4) is 0 Å². The number of fused-ring (bicyclic) bond motifs is 1. The minimum Gasteiger partial charge on any atom is -0.346 e. The molecule has 1 aromatic heterocycles. The molecule has 0 saturated heterocycles. The summed E-state index contributed by atoms with van der Waals surface area (Å²) in [5.74, 6) is -0.187. The Morgan fingerprint density at radius 1 is 1.15 bits per heavy atom. The molecule has 1 atom stereocenters. The summed E-state index contributed by atoms with van der Waals surface area (Å²) in [6.07, 6.45) is 7.85. The van der Waals surface area contributed by atoms with Gasteiger partial charge in [-0.15, -0.1) is 0 Å². The van der Waals surface area contributed by atoms with Gasteiger partial charge in [0.25, 0.3) is 0 Å². The van der Waals surface area contributed by atoms with E-state index < -0.39 is 10.0 Å². The maximum absolute atomic E-state index is 12.6.